The van der Waals surface area contributed by atoms with Gasteiger partial charge in [0.2, 0.25) is 11.8 Å². The minimum atomic E-state index is -0.325. The van der Waals surface area contributed by atoms with E-state index in [0.717, 1.165) is 19.3 Å². The van der Waals surface area contributed by atoms with Gasteiger partial charge in [0.1, 0.15) is 5.82 Å². The molecule has 0 saturated heterocycles. The number of halogens is 1. The Kier molecular flexibility index (Phi) is 5.20. The van der Waals surface area contributed by atoms with Gasteiger partial charge in [0.15, 0.2) is 0 Å². The molecule has 0 fully saturated rings. The molecule has 5 nitrogen and oxygen atoms in total. The first-order chi connectivity index (χ1) is 13.2. The molecule has 1 N–H and O–H groups in total. The number of aromatic nitrogens is 2. The highest BCUT2D eigenvalue weighted by Gasteiger charge is 2.21. The van der Waals surface area contributed by atoms with Crippen LogP contribution in [0.5, 0.6) is 0 Å². The van der Waals surface area contributed by atoms with Gasteiger partial charge < -0.3 is 9.73 Å². The summed E-state index contributed by atoms with van der Waals surface area (Å²) in [4.78, 5) is 12.3. The van der Waals surface area contributed by atoms with Crippen molar-refractivity contribution in [2.24, 2.45) is 0 Å². The first-order valence-electron chi connectivity index (χ1n) is 8.78. The molecular formula is C20H18FN3O2S. The van der Waals surface area contributed by atoms with Gasteiger partial charge in [0.25, 0.3) is 5.22 Å². The molecule has 1 amide bonds. The van der Waals surface area contributed by atoms with E-state index in [0.29, 0.717) is 16.7 Å². The monoisotopic (exact) mass is 383 g/mol. The van der Waals surface area contributed by atoms with E-state index < -0.39 is 0 Å². The molecule has 27 heavy (non-hydrogen) atoms. The fraction of sp³-hybridized carbons (Fsp3) is 0.250. The average molecular weight is 383 g/mol. The summed E-state index contributed by atoms with van der Waals surface area (Å²) in [6, 6.07) is 14.1. The van der Waals surface area contributed by atoms with Crippen LogP contribution >= 0.6 is 11.8 Å². The molecule has 3 aromatic rings. The standard InChI is InChI=1S/C20H18FN3O2S/c21-15-10-8-14(9-11-15)19-23-24-20(26-19)27-12-18(25)22-17-7-3-5-13-4-1-2-6-16(13)17/h1-2,4,6,8-11,17H,3,5,7,12H2,(H,22,25). The number of hydrogen-bond acceptors (Lipinski definition) is 5. The molecule has 1 aliphatic rings. The third-order valence-electron chi connectivity index (χ3n) is 4.53. The number of aryl methyl sites for hydroxylation is 1. The van der Waals surface area contributed by atoms with Crippen molar-refractivity contribution in [2.45, 2.75) is 30.5 Å². The van der Waals surface area contributed by atoms with Crippen molar-refractivity contribution < 1.29 is 13.6 Å². The number of carbonyl (C=O) groups excluding carboxylic acids is 1. The van der Waals surface area contributed by atoms with Crippen molar-refractivity contribution in [2.75, 3.05) is 5.75 Å². The fourth-order valence-electron chi connectivity index (χ4n) is 3.24. The maximum absolute atomic E-state index is 13.0. The van der Waals surface area contributed by atoms with Gasteiger partial charge in [-0.3, -0.25) is 4.79 Å². The fourth-order valence-corrected chi connectivity index (χ4v) is 3.82. The number of benzene rings is 2. The quantitative estimate of drug-likeness (QED) is 0.670. The van der Waals surface area contributed by atoms with Crippen molar-refractivity contribution in [1.29, 1.82) is 0 Å². The zero-order valence-corrected chi connectivity index (χ0v) is 15.3. The van der Waals surface area contributed by atoms with E-state index in [1.54, 1.807) is 12.1 Å². The van der Waals surface area contributed by atoms with Crippen LogP contribution in [0.25, 0.3) is 11.5 Å². The minimum absolute atomic E-state index is 0.0560. The van der Waals surface area contributed by atoms with Gasteiger partial charge >= 0.3 is 0 Å². The zero-order chi connectivity index (χ0) is 18.6. The molecule has 2 aromatic carbocycles. The molecule has 4 rings (SSSR count). The second-order valence-corrected chi connectivity index (χ2v) is 7.31. The molecule has 0 aliphatic heterocycles. The number of hydrogen-bond donors (Lipinski definition) is 1. The Morgan fingerprint density at radius 3 is 2.85 bits per heavy atom. The summed E-state index contributed by atoms with van der Waals surface area (Å²) >= 11 is 1.19. The summed E-state index contributed by atoms with van der Waals surface area (Å²) in [5.74, 6) is 0.111. The Balaban J connectivity index is 1.34. The van der Waals surface area contributed by atoms with Gasteiger partial charge in [-0.25, -0.2) is 4.39 Å². The van der Waals surface area contributed by atoms with E-state index >= 15 is 0 Å². The molecule has 138 valence electrons. The van der Waals surface area contributed by atoms with Crippen LogP contribution in [0.2, 0.25) is 0 Å². The summed E-state index contributed by atoms with van der Waals surface area (Å²) in [5, 5.41) is 11.3. The van der Waals surface area contributed by atoms with Crippen molar-refractivity contribution in [1.82, 2.24) is 15.5 Å². The molecule has 1 atom stereocenters. The Morgan fingerprint density at radius 1 is 1.19 bits per heavy atom. The molecule has 1 aliphatic carbocycles. The minimum Gasteiger partial charge on any atom is -0.411 e. The molecule has 0 saturated carbocycles. The first kappa shape index (κ1) is 17.7. The molecule has 1 heterocycles. The van der Waals surface area contributed by atoms with Crippen molar-refractivity contribution in [3.8, 4) is 11.5 Å². The summed E-state index contributed by atoms with van der Waals surface area (Å²) in [7, 11) is 0. The molecule has 0 radical (unpaired) electrons. The lowest BCUT2D eigenvalue weighted by Gasteiger charge is -2.26. The first-order valence-corrected chi connectivity index (χ1v) is 9.77. The predicted octanol–water partition coefficient (Wildman–Crippen LogP) is 4.16. The normalized spacial score (nSPS) is 16.0. The smallest absolute Gasteiger partial charge is 0.277 e. The number of nitrogens with zero attached hydrogens (tertiary/aromatic N) is 2. The maximum Gasteiger partial charge on any atom is 0.277 e. The van der Waals surface area contributed by atoms with E-state index in [2.05, 4.69) is 27.6 Å². The SMILES string of the molecule is O=C(CSc1nnc(-c2ccc(F)cc2)o1)NC1CCCc2ccccc21. The Labute approximate surface area is 160 Å². The van der Waals surface area contributed by atoms with Crippen molar-refractivity contribution in [3.63, 3.8) is 0 Å². The second kappa shape index (κ2) is 7.92. The number of fused-ring (bicyclic) bond motifs is 1. The Bertz CT molecular complexity index is 942. The van der Waals surface area contributed by atoms with Crippen LogP contribution in [0.15, 0.2) is 58.2 Å². The lowest BCUT2D eigenvalue weighted by molar-refractivity contribution is -0.119. The van der Waals surface area contributed by atoms with Gasteiger partial charge in [0.05, 0.1) is 11.8 Å². The van der Waals surface area contributed by atoms with Crippen LogP contribution in [0.1, 0.15) is 30.0 Å². The zero-order valence-electron chi connectivity index (χ0n) is 14.5. The molecular weight excluding hydrogens is 365 g/mol. The summed E-state index contributed by atoms with van der Waals surface area (Å²) < 4.78 is 18.5. The van der Waals surface area contributed by atoms with Gasteiger partial charge in [-0.15, -0.1) is 10.2 Å². The second-order valence-electron chi connectivity index (χ2n) is 6.38. The highest BCUT2D eigenvalue weighted by molar-refractivity contribution is 7.99. The maximum atomic E-state index is 13.0. The lowest BCUT2D eigenvalue weighted by Crippen LogP contribution is -2.32. The summed E-state index contributed by atoms with van der Waals surface area (Å²) in [5.41, 5.74) is 3.15. The largest absolute Gasteiger partial charge is 0.411 e. The van der Waals surface area contributed by atoms with E-state index in [-0.39, 0.29) is 23.5 Å². The highest BCUT2D eigenvalue weighted by atomic mass is 32.2. The van der Waals surface area contributed by atoms with Gasteiger partial charge in [0, 0.05) is 5.56 Å². The van der Waals surface area contributed by atoms with Crippen LogP contribution in [-0.2, 0) is 11.2 Å². The summed E-state index contributed by atoms with van der Waals surface area (Å²) in [6.45, 7) is 0. The van der Waals surface area contributed by atoms with Crippen molar-refractivity contribution >= 4 is 17.7 Å². The van der Waals surface area contributed by atoms with Crippen LogP contribution in [-0.4, -0.2) is 21.9 Å². The molecule has 1 unspecified atom stereocenters. The van der Waals surface area contributed by atoms with E-state index in [1.807, 2.05) is 12.1 Å². The van der Waals surface area contributed by atoms with Gasteiger partial charge in [-0.2, -0.15) is 0 Å². The average Bonchev–Trinajstić information content (AvgIpc) is 3.16. The van der Waals surface area contributed by atoms with E-state index in [9.17, 15) is 9.18 Å². The highest BCUT2D eigenvalue weighted by Crippen LogP contribution is 2.30. The third kappa shape index (κ3) is 4.19. The van der Waals surface area contributed by atoms with Crippen LogP contribution in [0, 0.1) is 5.82 Å². The molecule has 0 bridgehead atoms. The van der Waals surface area contributed by atoms with Gasteiger partial charge in [-0.05, 0) is 54.7 Å². The Morgan fingerprint density at radius 2 is 2.00 bits per heavy atom. The number of amides is 1. The van der Waals surface area contributed by atoms with Crippen molar-refractivity contribution in [3.05, 3.63) is 65.5 Å². The molecule has 1 aromatic heterocycles. The molecule has 7 heteroatoms. The number of carbonyl (C=O) groups is 1. The summed E-state index contributed by atoms with van der Waals surface area (Å²) in [6.07, 6.45) is 3.08. The van der Waals surface area contributed by atoms with Crippen LogP contribution in [0.4, 0.5) is 4.39 Å². The van der Waals surface area contributed by atoms with Crippen LogP contribution < -0.4 is 5.32 Å². The van der Waals surface area contributed by atoms with Gasteiger partial charge in [-0.1, -0.05) is 36.0 Å². The predicted molar refractivity (Wildman–Crippen MR) is 101 cm³/mol. The van der Waals surface area contributed by atoms with E-state index in [4.69, 9.17) is 4.42 Å². The molecule has 0 spiro atoms. The number of thioether (sulfide) groups is 1. The van der Waals surface area contributed by atoms with E-state index in [1.165, 1.54) is 35.0 Å². The lowest BCUT2D eigenvalue weighted by atomic mass is 9.88. The Hall–Kier alpha value is -2.67. The van der Waals surface area contributed by atoms with Crippen LogP contribution in [0.3, 0.4) is 0 Å². The number of nitrogens with one attached hydrogen (secondary N) is 1. The topological polar surface area (TPSA) is 68.0 Å². The third-order valence-corrected chi connectivity index (χ3v) is 5.35. The number of rotatable bonds is 5.